The SMILES string of the molecule is Cc1nc2ccccc2c(C)c1CC(=O)N(CCCN1CCOCC1)Cc1ccncc1. The van der Waals surface area contributed by atoms with Gasteiger partial charge in [-0.3, -0.25) is 19.7 Å². The quantitative estimate of drug-likeness (QED) is 0.545. The van der Waals surface area contributed by atoms with E-state index in [1.165, 1.54) is 0 Å². The fraction of sp³-hybridized carbons (Fsp3) is 0.423. The van der Waals surface area contributed by atoms with Gasteiger partial charge in [0.25, 0.3) is 0 Å². The summed E-state index contributed by atoms with van der Waals surface area (Å²) in [5.41, 5.74) is 5.22. The summed E-state index contributed by atoms with van der Waals surface area (Å²) in [7, 11) is 0. The number of nitrogens with zero attached hydrogens (tertiary/aromatic N) is 4. The number of para-hydroxylation sites is 1. The topological polar surface area (TPSA) is 58.6 Å². The van der Waals surface area contributed by atoms with Crippen LogP contribution in [0, 0.1) is 13.8 Å². The lowest BCUT2D eigenvalue weighted by Gasteiger charge is -2.28. The maximum Gasteiger partial charge on any atom is 0.227 e. The van der Waals surface area contributed by atoms with Gasteiger partial charge in [0.1, 0.15) is 0 Å². The Bertz CT molecular complexity index is 1050. The van der Waals surface area contributed by atoms with Crippen molar-refractivity contribution in [2.45, 2.75) is 33.2 Å². The third-order valence-corrected chi connectivity index (χ3v) is 6.30. The lowest BCUT2D eigenvalue weighted by atomic mass is 9.99. The second-order valence-corrected chi connectivity index (χ2v) is 8.47. The van der Waals surface area contributed by atoms with Gasteiger partial charge in [0.05, 0.1) is 25.2 Å². The van der Waals surface area contributed by atoms with E-state index in [1.54, 1.807) is 12.4 Å². The van der Waals surface area contributed by atoms with Crippen LogP contribution in [0.25, 0.3) is 10.9 Å². The third kappa shape index (κ3) is 5.50. The molecule has 0 N–H and O–H groups in total. The first-order valence-electron chi connectivity index (χ1n) is 11.4. The summed E-state index contributed by atoms with van der Waals surface area (Å²) in [5, 5.41) is 1.12. The molecule has 1 aromatic carbocycles. The lowest BCUT2D eigenvalue weighted by molar-refractivity contribution is -0.131. The Kier molecular flexibility index (Phi) is 7.45. The molecule has 0 radical (unpaired) electrons. The van der Waals surface area contributed by atoms with E-state index in [-0.39, 0.29) is 5.91 Å². The van der Waals surface area contributed by atoms with Crippen molar-refractivity contribution in [3.8, 4) is 0 Å². The third-order valence-electron chi connectivity index (χ3n) is 6.30. The molecule has 3 heterocycles. The van der Waals surface area contributed by atoms with Gasteiger partial charge in [0.2, 0.25) is 5.91 Å². The minimum absolute atomic E-state index is 0.145. The van der Waals surface area contributed by atoms with Crippen LogP contribution in [0.3, 0.4) is 0 Å². The van der Waals surface area contributed by atoms with E-state index < -0.39 is 0 Å². The Hall–Kier alpha value is -2.83. The number of pyridine rings is 2. The van der Waals surface area contributed by atoms with Crippen LogP contribution in [0.5, 0.6) is 0 Å². The number of ether oxygens (including phenoxy) is 1. The maximum absolute atomic E-state index is 13.5. The van der Waals surface area contributed by atoms with Crippen molar-refractivity contribution in [2.75, 3.05) is 39.4 Å². The normalized spacial score (nSPS) is 14.6. The molecule has 6 heteroatoms. The van der Waals surface area contributed by atoms with Crippen LogP contribution in [-0.4, -0.2) is 65.1 Å². The molecule has 1 saturated heterocycles. The highest BCUT2D eigenvalue weighted by atomic mass is 16.5. The molecule has 0 saturated carbocycles. The van der Waals surface area contributed by atoms with Crippen LogP contribution in [0.4, 0.5) is 0 Å². The Morgan fingerprint density at radius 1 is 1.09 bits per heavy atom. The number of benzene rings is 1. The van der Waals surface area contributed by atoms with Crippen molar-refractivity contribution >= 4 is 16.8 Å². The van der Waals surface area contributed by atoms with Crippen molar-refractivity contribution in [1.29, 1.82) is 0 Å². The average molecular weight is 433 g/mol. The monoisotopic (exact) mass is 432 g/mol. The molecule has 32 heavy (non-hydrogen) atoms. The van der Waals surface area contributed by atoms with Gasteiger partial charge in [0.15, 0.2) is 0 Å². The van der Waals surface area contributed by atoms with Crippen LogP contribution < -0.4 is 0 Å². The van der Waals surface area contributed by atoms with Crippen LogP contribution in [0.2, 0.25) is 0 Å². The molecule has 0 unspecified atom stereocenters. The molecule has 3 aromatic rings. The zero-order chi connectivity index (χ0) is 22.3. The molecular formula is C26H32N4O2. The van der Waals surface area contributed by atoms with Crippen molar-refractivity contribution < 1.29 is 9.53 Å². The number of aryl methyl sites for hydroxylation is 2. The molecule has 1 amide bonds. The number of hydrogen-bond donors (Lipinski definition) is 0. The van der Waals surface area contributed by atoms with Gasteiger partial charge in [0, 0.05) is 56.2 Å². The Morgan fingerprint density at radius 2 is 1.84 bits per heavy atom. The second-order valence-electron chi connectivity index (χ2n) is 8.47. The summed E-state index contributed by atoms with van der Waals surface area (Å²) in [6.45, 7) is 9.97. The van der Waals surface area contributed by atoms with Crippen LogP contribution >= 0.6 is 0 Å². The van der Waals surface area contributed by atoms with Gasteiger partial charge >= 0.3 is 0 Å². The number of fused-ring (bicyclic) bond motifs is 1. The number of amides is 1. The van der Waals surface area contributed by atoms with E-state index in [0.29, 0.717) is 13.0 Å². The fourth-order valence-electron chi connectivity index (χ4n) is 4.40. The highest BCUT2D eigenvalue weighted by Crippen LogP contribution is 2.23. The summed E-state index contributed by atoms with van der Waals surface area (Å²) in [6, 6.07) is 12.1. The summed E-state index contributed by atoms with van der Waals surface area (Å²) >= 11 is 0. The maximum atomic E-state index is 13.5. The van der Waals surface area contributed by atoms with Gasteiger partial charge in [-0.15, -0.1) is 0 Å². The predicted molar refractivity (Wildman–Crippen MR) is 126 cm³/mol. The van der Waals surface area contributed by atoms with Gasteiger partial charge in [-0.25, -0.2) is 0 Å². The molecule has 1 aliphatic rings. The molecule has 2 aromatic heterocycles. The summed E-state index contributed by atoms with van der Waals surface area (Å²) < 4.78 is 5.45. The van der Waals surface area contributed by atoms with Gasteiger partial charge in [-0.2, -0.15) is 0 Å². The van der Waals surface area contributed by atoms with Crippen molar-refractivity contribution in [2.24, 2.45) is 0 Å². The van der Waals surface area contributed by atoms with Gasteiger partial charge in [-0.1, -0.05) is 18.2 Å². The van der Waals surface area contributed by atoms with E-state index in [4.69, 9.17) is 9.72 Å². The molecule has 0 bridgehead atoms. The van der Waals surface area contributed by atoms with Crippen LogP contribution in [-0.2, 0) is 22.5 Å². The molecule has 6 nitrogen and oxygen atoms in total. The van der Waals surface area contributed by atoms with Crippen LogP contribution in [0.1, 0.15) is 28.8 Å². The number of rotatable bonds is 8. The van der Waals surface area contributed by atoms with Gasteiger partial charge < -0.3 is 9.64 Å². The first-order valence-corrected chi connectivity index (χ1v) is 11.4. The second kappa shape index (κ2) is 10.7. The Balaban J connectivity index is 1.49. The molecule has 1 aliphatic heterocycles. The highest BCUT2D eigenvalue weighted by molar-refractivity contribution is 5.86. The molecule has 0 spiro atoms. The smallest absolute Gasteiger partial charge is 0.227 e. The minimum Gasteiger partial charge on any atom is -0.379 e. The number of aromatic nitrogens is 2. The summed E-state index contributed by atoms with van der Waals surface area (Å²) in [5.74, 6) is 0.145. The van der Waals surface area contributed by atoms with E-state index >= 15 is 0 Å². The molecule has 4 rings (SSSR count). The number of morpholine rings is 1. The molecule has 168 valence electrons. The number of carbonyl (C=O) groups is 1. The Labute approximate surface area is 190 Å². The first-order chi connectivity index (χ1) is 15.6. The van der Waals surface area contributed by atoms with Gasteiger partial charge in [-0.05, 0) is 55.2 Å². The molecule has 0 aliphatic carbocycles. The zero-order valence-electron chi connectivity index (χ0n) is 19.1. The largest absolute Gasteiger partial charge is 0.379 e. The molecule has 0 atom stereocenters. The van der Waals surface area contributed by atoms with E-state index in [2.05, 4.69) is 22.9 Å². The first kappa shape index (κ1) is 22.4. The number of carbonyl (C=O) groups excluding carboxylic acids is 1. The fourth-order valence-corrected chi connectivity index (χ4v) is 4.40. The van der Waals surface area contributed by atoms with Crippen molar-refractivity contribution in [3.05, 3.63) is 71.2 Å². The molecular weight excluding hydrogens is 400 g/mol. The number of hydrogen-bond acceptors (Lipinski definition) is 5. The van der Waals surface area contributed by atoms with E-state index in [0.717, 1.165) is 79.1 Å². The minimum atomic E-state index is 0.145. The van der Waals surface area contributed by atoms with E-state index in [1.807, 2.05) is 42.2 Å². The van der Waals surface area contributed by atoms with Crippen LogP contribution in [0.15, 0.2) is 48.8 Å². The van der Waals surface area contributed by atoms with E-state index in [9.17, 15) is 4.79 Å². The van der Waals surface area contributed by atoms with Crippen molar-refractivity contribution in [3.63, 3.8) is 0 Å². The average Bonchev–Trinajstić information content (AvgIpc) is 2.82. The summed E-state index contributed by atoms with van der Waals surface area (Å²) in [6.07, 6.45) is 4.89. The molecule has 1 fully saturated rings. The highest BCUT2D eigenvalue weighted by Gasteiger charge is 2.19. The van der Waals surface area contributed by atoms with Crippen molar-refractivity contribution in [1.82, 2.24) is 19.8 Å². The zero-order valence-corrected chi connectivity index (χ0v) is 19.1. The summed E-state index contributed by atoms with van der Waals surface area (Å²) in [4.78, 5) is 26.8. The standard InChI is InChI=1S/C26H32N4O2/c1-20-23-6-3-4-7-25(23)28-21(2)24(20)18-26(31)30(19-22-8-10-27-11-9-22)13-5-12-29-14-16-32-17-15-29/h3-4,6-11H,5,12-19H2,1-2H3. The Morgan fingerprint density at radius 3 is 2.62 bits per heavy atom. The lowest BCUT2D eigenvalue weighted by Crippen LogP contribution is -2.39. The predicted octanol–water partition coefficient (Wildman–Crippen LogP) is 3.54.